The summed E-state index contributed by atoms with van der Waals surface area (Å²) in [4.78, 5) is 53.1. The van der Waals surface area contributed by atoms with Gasteiger partial charge in [-0.1, -0.05) is 0 Å². The number of halogens is 1. The van der Waals surface area contributed by atoms with E-state index in [0.717, 1.165) is 0 Å². The van der Waals surface area contributed by atoms with Gasteiger partial charge < -0.3 is 24.6 Å². The Balaban J connectivity index is 1.29. The van der Waals surface area contributed by atoms with Gasteiger partial charge in [0.05, 0.1) is 25.0 Å². The number of piperazine rings is 1. The predicted molar refractivity (Wildman–Crippen MR) is 143 cm³/mol. The van der Waals surface area contributed by atoms with E-state index in [9.17, 15) is 19.2 Å². The second-order valence-electron chi connectivity index (χ2n) is 9.26. The van der Waals surface area contributed by atoms with Crippen LogP contribution in [0.25, 0.3) is 0 Å². The Kier molecular flexibility index (Phi) is 8.80. The monoisotopic (exact) mass is 538 g/mol. The number of benzene rings is 2. The normalized spacial score (nSPS) is 17.4. The zero-order chi connectivity index (χ0) is 27.9. The van der Waals surface area contributed by atoms with Crippen LogP contribution in [-0.2, 0) is 14.3 Å². The standard InChI is InChI=1S/C28H31FN4O6/c1-19(34)30-12-11-23-18-33(28(37)39-23)21-5-8-25(24(29)17-21)31-13-15-32(16-14-31)27(36)10-9-26(35)20-3-6-22(38-2)7-4-20/h3-10,17,23H,11-16,18H2,1-2H3,(H,30,34). The number of ketones is 1. The highest BCUT2D eigenvalue weighted by Gasteiger charge is 2.33. The van der Waals surface area contributed by atoms with Gasteiger partial charge in [-0.15, -0.1) is 0 Å². The zero-order valence-corrected chi connectivity index (χ0v) is 21.9. The summed E-state index contributed by atoms with van der Waals surface area (Å²) in [5.41, 5.74) is 1.22. The zero-order valence-electron chi connectivity index (χ0n) is 21.9. The van der Waals surface area contributed by atoms with Crippen LogP contribution in [0.15, 0.2) is 54.6 Å². The summed E-state index contributed by atoms with van der Waals surface area (Å²) in [7, 11) is 1.54. The van der Waals surface area contributed by atoms with Gasteiger partial charge in [0.2, 0.25) is 11.8 Å². The van der Waals surface area contributed by atoms with Crippen LogP contribution in [-0.4, -0.2) is 81.1 Å². The first-order valence-corrected chi connectivity index (χ1v) is 12.7. The highest BCUT2D eigenvalue weighted by Crippen LogP contribution is 2.29. The van der Waals surface area contributed by atoms with Crippen molar-refractivity contribution in [3.05, 3.63) is 66.0 Å². The maximum Gasteiger partial charge on any atom is 0.414 e. The molecule has 0 saturated carbocycles. The van der Waals surface area contributed by atoms with Gasteiger partial charge in [-0.2, -0.15) is 0 Å². The summed E-state index contributed by atoms with van der Waals surface area (Å²) in [5, 5.41) is 2.67. The number of hydrogen-bond donors (Lipinski definition) is 1. The molecule has 2 heterocycles. The van der Waals surface area contributed by atoms with Gasteiger partial charge in [0.25, 0.3) is 0 Å². The summed E-state index contributed by atoms with van der Waals surface area (Å²) in [5.74, 6) is -0.569. The van der Waals surface area contributed by atoms with Crippen molar-refractivity contribution >= 4 is 35.1 Å². The van der Waals surface area contributed by atoms with Crippen molar-refractivity contribution in [2.75, 3.05) is 56.2 Å². The van der Waals surface area contributed by atoms with Crippen molar-refractivity contribution < 1.29 is 33.0 Å². The van der Waals surface area contributed by atoms with Crippen LogP contribution >= 0.6 is 0 Å². The molecule has 0 bridgehead atoms. The lowest BCUT2D eigenvalue weighted by Gasteiger charge is -2.36. The Morgan fingerprint density at radius 1 is 1.08 bits per heavy atom. The van der Waals surface area contributed by atoms with Crippen LogP contribution in [0.5, 0.6) is 5.75 Å². The molecule has 3 amide bonds. The highest BCUT2D eigenvalue weighted by molar-refractivity contribution is 6.07. The lowest BCUT2D eigenvalue weighted by molar-refractivity contribution is -0.126. The molecule has 2 fully saturated rings. The fraction of sp³-hybridized carbons (Fsp3) is 0.357. The molecule has 11 heteroatoms. The van der Waals surface area contributed by atoms with Crippen molar-refractivity contribution in [2.45, 2.75) is 19.4 Å². The van der Waals surface area contributed by atoms with E-state index in [0.29, 0.717) is 61.8 Å². The Bertz CT molecular complexity index is 1260. The molecule has 4 rings (SSSR count). The summed E-state index contributed by atoms with van der Waals surface area (Å²) in [6.07, 6.45) is 2.04. The number of nitrogens with zero attached hydrogens (tertiary/aromatic N) is 3. The second-order valence-corrected chi connectivity index (χ2v) is 9.26. The summed E-state index contributed by atoms with van der Waals surface area (Å²) >= 11 is 0. The van der Waals surface area contributed by atoms with E-state index in [1.54, 1.807) is 48.4 Å². The average Bonchev–Trinajstić information content (AvgIpc) is 3.31. The predicted octanol–water partition coefficient (Wildman–Crippen LogP) is 2.77. The van der Waals surface area contributed by atoms with Crippen LogP contribution in [0.3, 0.4) is 0 Å². The third-order valence-corrected chi connectivity index (χ3v) is 6.64. The van der Waals surface area contributed by atoms with Gasteiger partial charge in [0, 0.05) is 57.7 Å². The van der Waals surface area contributed by atoms with Gasteiger partial charge in [-0.3, -0.25) is 19.3 Å². The molecule has 1 N–H and O–H groups in total. The number of allylic oxidation sites excluding steroid dienone is 1. The maximum atomic E-state index is 15.1. The molecule has 0 aliphatic carbocycles. The summed E-state index contributed by atoms with van der Waals surface area (Å²) < 4.78 is 25.5. The minimum Gasteiger partial charge on any atom is -0.497 e. The third kappa shape index (κ3) is 6.92. The van der Waals surface area contributed by atoms with Gasteiger partial charge >= 0.3 is 6.09 Å². The molecule has 2 aliphatic heterocycles. The van der Waals surface area contributed by atoms with Gasteiger partial charge in [-0.25, -0.2) is 9.18 Å². The fourth-order valence-electron chi connectivity index (χ4n) is 4.48. The molecule has 206 valence electrons. The SMILES string of the molecule is COc1ccc(C(=O)C=CC(=O)N2CCN(c3ccc(N4CC(CCNC(C)=O)OC4=O)cc3F)CC2)cc1. The van der Waals surface area contributed by atoms with Crippen molar-refractivity contribution in [3.8, 4) is 5.75 Å². The average molecular weight is 539 g/mol. The van der Waals surface area contributed by atoms with E-state index < -0.39 is 18.0 Å². The van der Waals surface area contributed by atoms with Crippen molar-refractivity contribution in [3.63, 3.8) is 0 Å². The number of carbonyl (C=O) groups excluding carboxylic acids is 4. The lowest BCUT2D eigenvalue weighted by atomic mass is 10.1. The molecule has 0 aromatic heterocycles. The van der Waals surface area contributed by atoms with E-state index in [2.05, 4.69) is 5.32 Å². The first-order chi connectivity index (χ1) is 18.7. The molecule has 0 radical (unpaired) electrons. The Hall–Kier alpha value is -4.41. The molecule has 2 aromatic rings. The summed E-state index contributed by atoms with van der Waals surface area (Å²) in [6, 6.07) is 11.2. The number of hydrogen-bond acceptors (Lipinski definition) is 7. The molecule has 2 aliphatic rings. The first kappa shape index (κ1) is 27.6. The van der Waals surface area contributed by atoms with E-state index in [-0.39, 0.29) is 24.1 Å². The number of rotatable bonds is 9. The van der Waals surface area contributed by atoms with E-state index in [4.69, 9.17) is 9.47 Å². The van der Waals surface area contributed by atoms with Crippen molar-refractivity contribution in [1.82, 2.24) is 10.2 Å². The Morgan fingerprint density at radius 3 is 2.44 bits per heavy atom. The van der Waals surface area contributed by atoms with Crippen LogP contribution in [0.2, 0.25) is 0 Å². The van der Waals surface area contributed by atoms with Gasteiger partial charge in [-0.05, 0) is 48.5 Å². The van der Waals surface area contributed by atoms with Crippen molar-refractivity contribution in [1.29, 1.82) is 0 Å². The molecule has 2 saturated heterocycles. The molecule has 1 unspecified atom stereocenters. The minimum absolute atomic E-state index is 0.157. The highest BCUT2D eigenvalue weighted by atomic mass is 19.1. The Labute approximate surface area is 225 Å². The van der Waals surface area contributed by atoms with Gasteiger partial charge in [0.1, 0.15) is 17.7 Å². The maximum absolute atomic E-state index is 15.1. The van der Waals surface area contributed by atoms with Gasteiger partial charge in [0.15, 0.2) is 5.78 Å². The van der Waals surface area contributed by atoms with Crippen LogP contribution in [0.4, 0.5) is 20.6 Å². The molecular formula is C28H31FN4O6. The van der Waals surface area contributed by atoms with Crippen molar-refractivity contribution in [2.24, 2.45) is 0 Å². The van der Waals surface area contributed by atoms with E-state index >= 15 is 4.39 Å². The van der Waals surface area contributed by atoms with Crippen LogP contribution < -0.4 is 19.9 Å². The van der Waals surface area contributed by atoms with E-state index in [1.165, 1.54) is 30.0 Å². The largest absolute Gasteiger partial charge is 0.497 e. The quantitative estimate of drug-likeness (QED) is 0.386. The Morgan fingerprint density at radius 2 is 1.79 bits per heavy atom. The summed E-state index contributed by atoms with van der Waals surface area (Å²) in [6.45, 7) is 3.65. The molecule has 10 nitrogen and oxygen atoms in total. The fourth-order valence-corrected chi connectivity index (χ4v) is 4.48. The van der Waals surface area contributed by atoms with Crippen LogP contribution in [0, 0.1) is 5.82 Å². The van der Waals surface area contributed by atoms with Crippen LogP contribution in [0.1, 0.15) is 23.7 Å². The number of anilines is 2. The van der Waals surface area contributed by atoms with E-state index in [1.807, 2.05) is 4.90 Å². The minimum atomic E-state index is -0.555. The number of carbonyl (C=O) groups is 4. The molecule has 39 heavy (non-hydrogen) atoms. The number of amides is 3. The second kappa shape index (κ2) is 12.4. The smallest absolute Gasteiger partial charge is 0.414 e. The number of ether oxygens (including phenoxy) is 2. The topological polar surface area (TPSA) is 108 Å². The number of methoxy groups -OCH3 is 1. The molecule has 1 atom stereocenters. The molecule has 0 spiro atoms. The number of nitrogens with one attached hydrogen (secondary N) is 1. The lowest BCUT2D eigenvalue weighted by Crippen LogP contribution is -2.48. The third-order valence-electron chi connectivity index (χ3n) is 6.64. The first-order valence-electron chi connectivity index (χ1n) is 12.7. The number of cyclic esters (lactones) is 1. The molecule has 2 aromatic carbocycles. The molecular weight excluding hydrogens is 507 g/mol.